The van der Waals surface area contributed by atoms with Crippen LogP contribution in [0.2, 0.25) is 0 Å². The summed E-state index contributed by atoms with van der Waals surface area (Å²) in [6, 6.07) is 4.00. The summed E-state index contributed by atoms with van der Waals surface area (Å²) in [7, 11) is 0. The summed E-state index contributed by atoms with van der Waals surface area (Å²) in [5.41, 5.74) is 0. The number of hydrogen-bond donors (Lipinski definition) is 0. The number of carbonyl (C=O) groups is 1. The highest BCUT2D eigenvalue weighted by Crippen LogP contribution is 2.31. The van der Waals surface area contributed by atoms with Gasteiger partial charge in [0, 0.05) is 5.75 Å². The van der Waals surface area contributed by atoms with Crippen LogP contribution in [-0.2, 0) is 0 Å². The van der Waals surface area contributed by atoms with Crippen molar-refractivity contribution >= 4 is 45.5 Å². The van der Waals surface area contributed by atoms with Gasteiger partial charge in [0.2, 0.25) is 0 Å². The maximum absolute atomic E-state index is 12.3. The molecule has 86 valence electrons. The van der Waals surface area contributed by atoms with Gasteiger partial charge in [-0.05, 0) is 17.4 Å². The summed E-state index contributed by atoms with van der Waals surface area (Å²) in [5, 5.41) is 1.92. The third-order valence-corrected chi connectivity index (χ3v) is 4.99. The van der Waals surface area contributed by atoms with E-state index in [1.165, 1.54) is 11.3 Å². The Morgan fingerprint density at radius 1 is 1.62 bits per heavy atom. The lowest BCUT2D eigenvalue weighted by molar-refractivity contribution is 0.0805. The van der Waals surface area contributed by atoms with E-state index in [9.17, 15) is 4.79 Å². The van der Waals surface area contributed by atoms with E-state index >= 15 is 0 Å². The zero-order chi connectivity index (χ0) is 11.7. The molecule has 0 bridgehead atoms. The molecule has 0 N–H and O–H groups in total. The second-order valence-electron chi connectivity index (χ2n) is 4.04. The van der Waals surface area contributed by atoms with E-state index in [4.69, 9.17) is 12.2 Å². The monoisotopic (exact) mass is 271 g/mol. The van der Waals surface area contributed by atoms with E-state index in [0.717, 1.165) is 15.0 Å². The summed E-state index contributed by atoms with van der Waals surface area (Å²) in [5.74, 6) is 1.42. The smallest absolute Gasteiger partial charge is 0.269 e. The normalized spacial score (nSPS) is 20.8. The number of rotatable bonds is 2. The second kappa shape index (κ2) is 4.85. The molecule has 1 aliphatic heterocycles. The van der Waals surface area contributed by atoms with E-state index in [0.29, 0.717) is 5.92 Å². The van der Waals surface area contributed by atoms with Crippen molar-refractivity contribution in [3.63, 3.8) is 0 Å². The number of thiophene rings is 1. The minimum absolute atomic E-state index is 0.0590. The molecular weight excluding hydrogens is 258 g/mol. The quantitative estimate of drug-likeness (QED) is 0.770. The van der Waals surface area contributed by atoms with Gasteiger partial charge < -0.3 is 0 Å². The van der Waals surface area contributed by atoms with E-state index in [1.54, 1.807) is 16.7 Å². The molecule has 1 fully saturated rings. The third kappa shape index (κ3) is 2.17. The lowest BCUT2D eigenvalue weighted by atomic mass is 10.1. The first-order chi connectivity index (χ1) is 7.61. The molecule has 0 saturated carbocycles. The molecule has 0 spiro atoms. The van der Waals surface area contributed by atoms with Gasteiger partial charge in [0.25, 0.3) is 5.91 Å². The Morgan fingerprint density at radius 3 is 2.94 bits per heavy atom. The molecule has 1 aromatic rings. The van der Waals surface area contributed by atoms with Crippen LogP contribution < -0.4 is 0 Å². The number of amides is 1. The summed E-state index contributed by atoms with van der Waals surface area (Å²) in [6.45, 7) is 4.27. The summed E-state index contributed by atoms with van der Waals surface area (Å²) in [6.07, 6.45) is 0. The van der Waals surface area contributed by atoms with Crippen molar-refractivity contribution in [2.45, 2.75) is 19.9 Å². The maximum Gasteiger partial charge on any atom is 0.269 e. The molecule has 0 unspecified atom stereocenters. The van der Waals surface area contributed by atoms with Crippen molar-refractivity contribution in [3.8, 4) is 0 Å². The molecule has 1 aromatic heterocycles. The van der Waals surface area contributed by atoms with Gasteiger partial charge >= 0.3 is 0 Å². The molecule has 1 saturated heterocycles. The molecule has 5 heteroatoms. The van der Waals surface area contributed by atoms with Crippen LogP contribution in [0.3, 0.4) is 0 Å². The van der Waals surface area contributed by atoms with Gasteiger partial charge in [-0.25, -0.2) is 0 Å². The van der Waals surface area contributed by atoms with E-state index < -0.39 is 0 Å². The van der Waals surface area contributed by atoms with Crippen LogP contribution in [0.5, 0.6) is 0 Å². The fourth-order valence-electron chi connectivity index (χ4n) is 1.68. The Bertz CT molecular complexity index is 399. The number of carbonyl (C=O) groups excluding carboxylic acids is 1. The Labute approximate surface area is 109 Å². The summed E-state index contributed by atoms with van der Waals surface area (Å²) in [4.78, 5) is 14.8. The summed E-state index contributed by atoms with van der Waals surface area (Å²) >= 11 is 8.34. The fraction of sp³-hybridized carbons (Fsp3) is 0.455. The van der Waals surface area contributed by atoms with Crippen LogP contribution in [0.1, 0.15) is 23.5 Å². The number of thioether (sulfide) groups is 1. The highest BCUT2D eigenvalue weighted by atomic mass is 32.2. The minimum atomic E-state index is 0.0590. The minimum Gasteiger partial charge on any atom is -0.289 e. The lowest BCUT2D eigenvalue weighted by Crippen LogP contribution is -2.41. The topological polar surface area (TPSA) is 20.3 Å². The van der Waals surface area contributed by atoms with Gasteiger partial charge in [-0.3, -0.25) is 9.69 Å². The molecule has 2 rings (SSSR count). The highest BCUT2D eigenvalue weighted by Gasteiger charge is 2.36. The molecular formula is C11H13NOS3. The average Bonchev–Trinajstić information content (AvgIpc) is 2.84. The predicted octanol–water partition coefficient (Wildman–Crippen LogP) is 3.25. The number of nitrogens with zero attached hydrogens (tertiary/aromatic N) is 1. The van der Waals surface area contributed by atoms with Crippen molar-refractivity contribution in [1.29, 1.82) is 0 Å². The van der Waals surface area contributed by atoms with E-state index in [2.05, 4.69) is 13.8 Å². The first-order valence-corrected chi connectivity index (χ1v) is 7.42. The van der Waals surface area contributed by atoms with Crippen LogP contribution >= 0.6 is 35.3 Å². The molecule has 2 nitrogen and oxygen atoms in total. The Hall–Kier alpha value is -0.390. The van der Waals surface area contributed by atoms with Gasteiger partial charge in [0.15, 0.2) is 0 Å². The fourth-order valence-corrected chi connectivity index (χ4v) is 3.97. The Kier molecular flexibility index (Phi) is 3.66. The Balaban J connectivity index is 2.24. The lowest BCUT2D eigenvalue weighted by Gasteiger charge is -2.25. The van der Waals surface area contributed by atoms with Crippen LogP contribution in [0.4, 0.5) is 0 Å². The average molecular weight is 271 g/mol. The molecule has 0 radical (unpaired) electrons. The van der Waals surface area contributed by atoms with Crippen molar-refractivity contribution in [2.75, 3.05) is 5.75 Å². The van der Waals surface area contributed by atoms with Gasteiger partial charge in [-0.1, -0.05) is 43.9 Å². The van der Waals surface area contributed by atoms with Gasteiger partial charge in [-0.15, -0.1) is 11.3 Å². The van der Waals surface area contributed by atoms with Gasteiger partial charge in [0.05, 0.1) is 10.9 Å². The maximum atomic E-state index is 12.3. The summed E-state index contributed by atoms with van der Waals surface area (Å²) < 4.78 is 0.720. The Morgan fingerprint density at radius 2 is 2.38 bits per heavy atom. The van der Waals surface area contributed by atoms with Crippen LogP contribution in [0, 0.1) is 5.92 Å². The third-order valence-electron chi connectivity index (χ3n) is 2.63. The molecule has 1 atom stereocenters. The van der Waals surface area contributed by atoms with Crippen molar-refractivity contribution in [3.05, 3.63) is 22.4 Å². The zero-order valence-electron chi connectivity index (χ0n) is 9.17. The van der Waals surface area contributed by atoms with Crippen molar-refractivity contribution in [1.82, 2.24) is 4.90 Å². The van der Waals surface area contributed by atoms with Crippen LogP contribution in [0.15, 0.2) is 17.5 Å². The SMILES string of the molecule is CC(C)[C@H]1CSC(=S)N1C(=O)c1cccs1. The first-order valence-electron chi connectivity index (χ1n) is 5.15. The zero-order valence-corrected chi connectivity index (χ0v) is 11.6. The van der Waals surface area contributed by atoms with Crippen molar-refractivity contribution < 1.29 is 4.79 Å². The largest absolute Gasteiger partial charge is 0.289 e. The number of hydrogen-bond acceptors (Lipinski definition) is 4. The van der Waals surface area contributed by atoms with Crippen molar-refractivity contribution in [2.24, 2.45) is 5.92 Å². The van der Waals surface area contributed by atoms with Crippen LogP contribution in [0.25, 0.3) is 0 Å². The first kappa shape index (κ1) is 12.1. The molecule has 16 heavy (non-hydrogen) atoms. The van der Waals surface area contributed by atoms with E-state index in [-0.39, 0.29) is 11.9 Å². The van der Waals surface area contributed by atoms with E-state index in [1.807, 2.05) is 17.5 Å². The molecule has 2 heterocycles. The molecule has 0 aromatic carbocycles. The molecule has 1 aliphatic rings. The molecule has 1 amide bonds. The van der Waals surface area contributed by atoms with Gasteiger partial charge in [0.1, 0.15) is 4.32 Å². The second-order valence-corrected chi connectivity index (χ2v) is 6.64. The predicted molar refractivity (Wildman–Crippen MR) is 74.2 cm³/mol. The number of thiocarbonyl (C=S) groups is 1. The van der Waals surface area contributed by atoms with Gasteiger partial charge in [-0.2, -0.15) is 0 Å². The molecule has 0 aliphatic carbocycles. The highest BCUT2D eigenvalue weighted by molar-refractivity contribution is 8.23. The standard InChI is InChI=1S/C11H13NOS3/c1-7(2)8-6-16-11(14)12(8)10(13)9-4-3-5-15-9/h3-5,7-8H,6H2,1-2H3/t8-/m1/s1. The van der Waals surface area contributed by atoms with Crippen LogP contribution in [-0.4, -0.2) is 26.9 Å².